The van der Waals surface area contributed by atoms with Crippen LogP contribution in [0.25, 0.3) is 22.0 Å². The van der Waals surface area contributed by atoms with Gasteiger partial charge in [-0.2, -0.15) is 0 Å². The molecule has 0 unspecified atom stereocenters. The normalized spacial score (nSPS) is 10.1. The molecule has 0 aliphatic carbocycles. The van der Waals surface area contributed by atoms with E-state index in [1.54, 1.807) is 24.3 Å². The lowest BCUT2D eigenvalue weighted by Crippen LogP contribution is -2.00. The van der Waals surface area contributed by atoms with Crippen molar-refractivity contribution in [1.29, 1.82) is 0 Å². The van der Waals surface area contributed by atoms with E-state index < -0.39 is 11.6 Å². The molecule has 2 aromatic carbocycles. The highest BCUT2D eigenvalue weighted by molar-refractivity contribution is 6.08. The van der Waals surface area contributed by atoms with E-state index in [0.717, 1.165) is 0 Å². The summed E-state index contributed by atoms with van der Waals surface area (Å²) in [6.45, 7) is 5.35. The van der Waals surface area contributed by atoms with Crippen LogP contribution in [0, 0.1) is 11.6 Å². The minimum absolute atomic E-state index is 0.198. The maximum absolute atomic E-state index is 14.1. The predicted octanol–water partition coefficient (Wildman–Crippen LogP) is 5.41. The van der Waals surface area contributed by atoms with E-state index in [2.05, 4.69) is 4.98 Å². The summed E-state index contributed by atoms with van der Waals surface area (Å²) in [6.07, 6.45) is 1.52. The molecule has 0 aliphatic heterocycles. The lowest BCUT2D eigenvalue weighted by molar-refractivity contribution is 0.101. The van der Waals surface area contributed by atoms with Crippen LogP contribution in [-0.2, 0) is 0 Å². The molecule has 0 radical (unpaired) electrons. The average Bonchev–Trinajstić information content (AvgIpc) is 2.56. The third kappa shape index (κ3) is 3.26. The number of Topliss-reactive ketones (excluding diaryl/α,β-unsaturated/α-hetero) is 1. The van der Waals surface area contributed by atoms with Crippen LogP contribution in [0.1, 0.15) is 31.1 Å². The van der Waals surface area contributed by atoms with Gasteiger partial charge in [-0.3, -0.25) is 9.78 Å². The van der Waals surface area contributed by atoms with E-state index >= 15 is 0 Å². The Bertz CT molecular complexity index is 859. The fourth-order valence-electron chi connectivity index (χ4n) is 2.42. The molecule has 3 aromatic rings. The number of rotatable bonds is 2. The summed E-state index contributed by atoms with van der Waals surface area (Å²) in [6, 6.07) is 10.2. The number of aromatic nitrogens is 1. The Balaban J connectivity index is 0.000000924. The molecule has 0 aliphatic rings. The van der Waals surface area contributed by atoms with E-state index in [0.29, 0.717) is 22.0 Å². The van der Waals surface area contributed by atoms with Gasteiger partial charge in [0.05, 0.1) is 5.52 Å². The number of carbonyl (C=O) groups is 1. The summed E-state index contributed by atoms with van der Waals surface area (Å²) < 4.78 is 27.6. The maximum Gasteiger partial charge on any atom is 0.160 e. The second kappa shape index (κ2) is 7.09. The van der Waals surface area contributed by atoms with Gasteiger partial charge in [0.15, 0.2) is 5.78 Å². The quantitative estimate of drug-likeness (QED) is 0.592. The Kier molecular flexibility index (Phi) is 5.16. The largest absolute Gasteiger partial charge is 0.294 e. The molecule has 23 heavy (non-hydrogen) atoms. The van der Waals surface area contributed by atoms with Crippen LogP contribution in [0.3, 0.4) is 0 Å². The molecule has 1 heterocycles. The fourth-order valence-corrected chi connectivity index (χ4v) is 2.42. The topological polar surface area (TPSA) is 30.0 Å². The molecule has 1 aromatic heterocycles. The first kappa shape index (κ1) is 16.7. The van der Waals surface area contributed by atoms with Crippen LogP contribution < -0.4 is 0 Å². The van der Waals surface area contributed by atoms with Crippen molar-refractivity contribution in [2.75, 3.05) is 0 Å². The van der Waals surface area contributed by atoms with E-state index in [9.17, 15) is 13.6 Å². The zero-order valence-corrected chi connectivity index (χ0v) is 13.2. The molecule has 0 N–H and O–H groups in total. The molecule has 0 bridgehead atoms. The minimum Gasteiger partial charge on any atom is -0.294 e. The summed E-state index contributed by atoms with van der Waals surface area (Å²) in [5.74, 6) is -1.22. The number of pyridine rings is 1. The van der Waals surface area contributed by atoms with Gasteiger partial charge in [0.1, 0.15) is 11.6 Å². The predicted molar refractivity (Wildman–Crippen MR) is 88.4 cm³/mol. The van der Waals surface area contributed by atoms with Gasteiger partial charge in [0, 0.05) is 22.7 Å². The Labute approximate surface area is 133 Å². The molecule has 2 nitrogen and oxygen atoms in total. The summed E-state index contributed by atoms with van der Waals surface area (Å²) in [7, 11) is 0. The number of hydrogen-bond acceptors (Lipinski definition) is 2. The number of fused-ring (bicyclic) bond motifs is 1. The van der Waals surface area contributed by atoms with Gasteiger partial charge in [0.2, 0.25) is 0 Å². The van der Waals surface area contributed by atoms with Crippen molar-refractivity contribution in [1.82, 2.24) is 4.98 Å². The summed E-state index contributed by atoms with van der Waals surface area (Å²) in [5.41, 5.74) is 1.51. The molecule has 118 valence electrons. The first-order valence-corrected chi connectivity index (χ1v) is 7.42. The van der Waals surface area contributed by atoms with Gasteiger partial charge < -0.3 is 0 Å². The average molecular weight is 313 g/mol. The van der Waals surface area contributed by atoms with Crippen LogP contribution in [0.4, 0.5) is 8.78 Å². The first-order valence-electron chi connectivity index (χ1n) is 7.42. The van der Waals surface area contributed by atoms with Crippen molar-refractivity contribution in [2.24, 2.45) is 0 Å². The number of nitrogens with zero attached hydrogens (tertiary/aromatic N) is 1. The molecular weight excluding hydrogens is 296 g/mol. The number of halogens is 2. The number of ketones is 1. The van der Waals surface area contributed by atoms with E-state index in [1.165, 1.54) is 31.3 Å². The molecule has 3 rings (SSSR count). The van der Waals surface area contributed by atoms with Gasteiger partial charge in [0.25, 0.3) is 0 Å². The van der Waals surface area contributed by atoms with Crippen molar-refractivity contribution < 1.29 is 13.6 Å². The first-order chi connectivity index (χ1) is 11.1. The number of hydrogen-bond donors (Lipinski definition) is 0. The Morgan fingerprint density at radius 3 is 2.43 bits per heavy atom. The van der Waals surface area contributed by atoms with Crippen LogP contribution >= 0.6 is 0 Å². The Hall–Kier alpha value is -2.62. The van der Waals surface area contributed by atoms with Gasteiger partial charge >= 0.3 is 0 Å². The second-order valence-corrected chi connectivity index (χ2v) is 4.75. The van der Waals surface area contributed by atoms with Gasteiger partial charge in [-0.05, 0) is 42.8 Å². The standard InChI is InChI=1S/C17H11F2NO.C2H6/c1-10(21)14-9-15(19)13-6-3-7-20-17(13)16(14)11-4-2-5-12(18)8-11;1-2/h2-9H,1H3;1-2H3. The number of benzene rings is 2. The van der Waals surface area contributed by atoms with Crippen molar-refractivity contribution in [3.05, 3.63) is 65.9 Å². The zero-order chi connectivity index (χ0) is 17.0. The molecule has 0 saturated carbocycles. The van der Waals surface area contributed by atoms with Crippen LogP contribution in [0.5, 0.6) is 0 Å². The van der Waals surface area contributed by atoms with Crippen molar-refractivity contribution >= 4 is 16.7 Å². The molecule has 0 atom stereocenters. The lowest BCUT2D eigenvalue weighted by Gasteiger charge is -2.12. The van der Waals surface area contributed by atoms with Crippen LogP contribution in [0.15, 0.2) is 48.7 Å². The highest BCUT2D eigenvalue weighted by Crippen LogP contribution is 2.33. The molecule has 0 spiro atoms. The van der Waals surface area contributed by atoms with Crippen LogP contribution in [-0.4, -0.2) is 10.8 Å². The van der Waals surface area contributed by atoms with E-state index in [-0.39, 0.29) is 11.3 Å². The Morgan fingerprint density at radius 2 is 1.78 bits per heavy atom. The smallest absolute Gasteiger partial charge is 0.160 e. The SMILES string of the molecule is CC.CC(=O)c1cc(F)c2cccnc2c1-c1cccc(F)c1. The monoisotopic (exact) mass is 313 g/mol. The third-order valence-corrected chi connectivity index (χ3v) is 3.33. The summed E-state index contributed by atoms with van der Waals surface area (Å²) >= 11 is 0. The Morgan fingerprint density at radius 1 is 1.04 bits per heavy atom. The highest BCUT2D eigenvalue weighted by Gasteiger charge is 2.17. The molecular formula is C19H17F2NO. The van der Waals surface area contributed by atoms with E-state index in [1.807, 2.05) is 13.8 Å². The molecule has 0 saturated heterocycles. The lowest BCUT2D eigenvalue weighted by atomic mass is 9.94. The molecule has 0 fully saturated rings. The van der Waals surface area contributed by atoms with Crippen molar-refractivity contribution in [3.8, 4) is 11.1 Å². The van der Waals surface area contributed by atoms with Gasteiger partial charge in [-0.15, -0.1) is 0 Å². The van der Waals surface area contributed by atoms with Crippen molar-refractivity contribution in [3.63, 3.8) is 0 Å². The maximum atomic E-state index is 14.1. The van der Waals surface area contributed by atoms with Crippen molar-refractivity contribution in [2.45, 2.75) is 20.8 Å². The minimum atomic E-state index is -0.511. The highest BCUT2D eigenvalue weighted by atomic mass is 19.1. The third-order valence-electron chi connectivity index (χ3n) is 3.33. The van der Waals surface area contributed by atoms with Crippen LogP contribution in [0.2, 0.25) is 0 Å². The fraction of sp³-hybridized carbons (Fsp3) is 0.158. The van der Waals surface area contributed by atoms with Gasteiger partial charge in [-0.25, -0.2) is 8.78 Å². The summed E-state index contributed by atoms with van der Waals surface area (Å²) in [5, 5.41) is 0.307. The zero-order valence-electron chi connectivity index (χ0n) is 13.2. The molecule has 0 amide bonds. The second-order valence-electron chi connectivity index (χ2n) is 4.75. The van der Waals surface area contributed by atoms with E-state index in [4.69, 9.17) is 0 Å². The molecule has 4 heteroatoms. The van der Waals surface area contributed by atoms with Gasteiger partial charge in [-0.1, -0.05) is 26.0 Å². The number of carbonyl (C=O) groups excluding carboxylic acids is 1. The summed E-state index contributed by atoms with van der Waals surface area (Å²) in [4.78, 5) is 16.0.